The van der Waals surface area contributed by atoms with E-state index in [4.69, 9.17) is 0 Å². The second kappa shape index (κ2) is 4.66. The first kappa shape index (κ1) is 14.0. The summed E-state index contributed by atoms with van der Waals surface area (Å²) in [6.07, 6.45) is -5.39. The van der Waals surface area contributed by atoms with Gasteiger partial charge in [0.25, 0.3) is 0 Å². The summed E-state index contributed by atoms with van der Waals surface area (Å²) in [5.41, 5.74) is 0. The third kappa shape index (κ3) is 2.44. The lowest BCUT2D eigenvalue weighted by Gasteiger charge is -2.35. The number of nitrogens with zero attached hydrogens (tertiary/aromatic N) is 3. The fourth-order valence-electron chi connectivity index (χ4n) is 1.66. The normalized spacial score (nSPS) is 21.5. The van der Waals surface area contributed by atoms with Crippen molar-refractivity contribution in [3.05, 3.63) is 0 Å². The van der Waals surface area contributed by atoms with Gasteiger partial charge in [0, 0.05) is 6.54 Å². The number of hydrazone groups is 1. The van der Waals surface area contributed by atoms with Crippen molar-refractivity contribution < 1.29 is 22.0 Å². The fraction of sp³-hybridized carbons (Fsp3) is 0.889. The van der Waals surface area contributed by atoms with Crippen molar-refractivity contribution in [1.82, 2.24) is 9.91 Å². The molecule has 1 aliphatic rings. The third-order valence-corrected chi connectivity index (χ3v) is 2.53. The Morgan fingerprint density at radius 2 is 1.76 bits per heavy atom. The minimum atomic E-state index is -5.60. The summed E-state index contributed by atoms with van der Waals surface area (Å²) in [5.74, 6) is 0. The van der Waals surface area contributed by atoms with E-state index in [2.05, 4.69) is 5.10 Å². The van der Waals surface area contributed by atoms with Crippen molar-refractivity contribution in [3.8, 4) is 0 Å². The first-order valence-electron chi connectivity index (χ1n) is 5.29. The summed E-state index contributed by atoms with van der Waals surface area (Å²) in [6, 6.07) is -4.89. The van der Waals surface area contributed by atoms with Crippen molar-refractivity contribution in [2.45, 2.75) is 45.1 Å². The molecule has 1 rings (SSSR count). The average Bonchev–Trinajstić information content (AvgIpc) is 2.60. The maximum atomic E-state index is 13.2. The molecule has 1 atom stereocenters. The van der Waals surface area contributed by atoms with E-state index in [1.165, 1.54) is 5.01 Å². The Labute approximate surface area is 95.9 Å². The fourth-order valence-corrected chi connectivity index (χ4v) is 1.66. The van der Waals surface area contributed by atoms with Crippen molar-refractivity contribution >= 4 is 6.34 Å². The van der Waals surface area contributed by atoms with E-state index in [0.29, 0.717) is 12.8 Å². The summed E-state index contributed by atoms with van der Waals surface area (Å²) in [4.78, 5) is -0.0139. The van der Waals surface area contributed by atoms with Gasteiger partial charge >= 0.3 is 12.2 Å². The van der Waals surface area contributed by atoms with Gasteiger partial charge in [-0.15, -0.1) is 0 Å². The maximum absolute atomic E-state index is 13.2. The summed E-state index contributed by atoms with van der Waals surface area (Å²) in [7, 11) is 0. The maximum Gasteiger partial charge on any atom is 0.475 e. The van der Waals surface area contributed by atoms with E-state index in [9.17, 15) is 22.0 Å². The van der Waals surface area contributed by atoms with Crippen LogP contribution in [0.5, 0.6) is 0 Å². The zero-order valence-corrected chi connectivity index (χ0v) is 9.51. The van der Waals surface area contributed by atoms with E-state index in [-0.39, 0.29) is 17.9 Å². The van der Waals surface area contributed by atoms with Crippen LogP contribution in [0.2, 0.25) is 0 Å². The highest BCUT2D eigenvalue weighted by Gasteiger charge is 2.64. The van der Waals surface area contributed by atoms with Crippen LogP contribution in [0, 0.1) is 0 Å². The Kier molecular flexibility index (Phi) is 3.83. The second-order valence-electron chi connectivity index (χ2n) is 3.70. The minimum Gasteiger partial charge on any atom is -0.273 e. The van der Waals surface area contributed by atoms with Gasteiger partial charge in [0.2, 0.25) is 0 Å². The molecule has 8 heteroatoms. The van der Waals surface area contributed by atoms with Crippen molar-refractivity contribution in [2.24, 2.45) is 5.10 Å². The molecular formula is C9H14F5N3. The molecule has 0 radical (unpaired) electrons. The number of halogens is 5. The van der Waals surface area contributed by atoms with E-state index in [1.807, 2.05) is 0 Å². The van der Waals surface area contributed by atoms with Gasteiger partial charge in [-0.05, 0) is 13.3 Å². The molecule has 1 unspecified atom stereocenters. The van der Waals surface area contributed by atoms with Gasteiger partial charge in [0.1, 0.15) is 12.5 Å². The molecule has 0 saturated heterocycles. The molecule has 3 nitrogen and oxygen atoms in total. The number of alkyl halides is 5. The van der Waals surface area contributed by atoms with Gasteiger partial charge in [-0.25, -0.2) is 0 Å². The summed E-state index contributed by atoms with van der Waals surface area (Å²) >= 11 is 0. The highest BCUT2D eigenvalue weighted by molar-refractivity contribution is 5.58. The quantitative estimate of drug-likeness (QED) is 0.571. The Morgan fingerprint density at radius 3 is 2.18 bits per heavy atom. The molecule has 0 amide bonds. The van der Waals surface area contributed by atoms with Crippen LogP contribution in [-0.2, 0) is 0 Å². The van der Waals surface area contributed by atoms with E-state index < -0.39 is 18.4 Å². The molecule has 0 N–H and O–H groups in total. The van der Waals surface area contributed by atoms with E-state index in [0.717, 1.165) is 0 Å². The topological polar surface area (TPSA) is 18.8 Å². The molecule has 1 heterocycles. The zero-order valence-electron chi connectivity index (χ0n) is 9.51. The Balaban J connectivity index is 2.93. The Bertz CT molecular complexity index is 289. The molecule has 0 fully saturated rings. The predicted octanol–water partition coefficient (Wildman–Crippen LogP) is 2.85. The molecule has 0 bridgehead atoms. The second-order valence-corrected chi connectivity index (χ2v) is 3.70. The largest absolute Gasteiger partial charge is 0.475 e. The van der Waals surface area contributed by atoms with Crippen molar-refractivity contribution in [1.29, 1.82) is 0 Å². The molecule has 17 heavy (non-hydrogen) atoms. The van der Waals surface area contributed by atoms with Crippen LogP contribution < -0.4 is 0 Å². The molecule has 0 aromatic carbocycles. The van der Waals surface area contributed by atoms with Crippen LogP contribution in [0.3, 0.4) is 0 Å². The van der Waals surface area contributed by atoms with Crippen molar-refractivity contribution in [3.63, 3.8) is 0 Å². The van der Waals surface area contributed by atoms with Gasteiger partial charge < -0.3 is 0 Å². The van der Waals surface area contributed by atoms with Crippen LogP contribution in [0.4, 0.5) is 22.0 Å². The molecule has 0 aromatic rings. The highest BCUT2D eigenvalue weighted by Crippen LogP contribution is 2.41. The molecule has 1 aliphatic heterocycles. The van der Waals surface area contributed by atoms with Crippen LogP contribution in [0.1, 0.15) is 26.7 Å². The molecule has 0 aromatic heterocycles. The third-order valence-electron chi connectivity index (χ3n) is 2.53. The Hall–Kier alpha value is -1.08. The zero-order chi connectivity index (χ0) is 13.3. The smallest absolute Gasteiger partial charge is 0.273 e. The van der Waals surface area contributed by atoms with Crippen LogP contribution in [-0.4, -0.2) is 41.2 Å². The van der Waals surface area contributed by atoms with E-state index >= 15 is 0 Å². The van der Waals surface area contributed by atoms with Crippen LogP contribution in [0.25, 0.3) is 0 Å². The predicted molar refractivity (Wildman–Crippen MR) is 52.4 cm³/mol. The summed E-state index contributed by atoms with van der Waals surface area (Å²) < 4.78 is 63.2. The molecule has 100 valence electrons. The summed E-state index contributed by atoms with van der Waals surface area (Å²) in [6.45, 7) is 3.65. The molecular weight excluding hydrogens is 245 g/mol. The van der Waals surface area contributed by atoms with Gasteiger partial charge in [-0.1, -0.05) is 13.3 Å². The first-order chi connectivity index (χ1) is 7.75. The van der Waals surface area contributed by atoms with Crippen LogP contribution in [0.15, 0.2) is 5.10 Å². The average molecular weight is 259 g/mol. The van der Waals surface area contributed by atoms with E-state index in [1.54, 1.807) is 13.8 Å². The molecule has 0 spiro atoms. The van der Waals surface area contributed by atoms with Gasteiger partial charge in [-0.2, -0.15) is 27.1 Å². The van der Waals surface area contributed by atoms with Crippen LogP contribution >= 0.6 is 0 Å². The molecule has 0 aliphatic carbocycles. The van der Waals surface area contributed by atoms with Gasteiger partial charge in [0.05, 0.1) is 0 Å². The minimum absolute atomic E-state index is 0.0139. The van der Waals surface area contributed by atoms with Gasteiger partial charge in [0.15, 0.2) is 0 Å². The lowest BCUT2D eigenvalue weighted by molar-refractivity contribution is -0.334. The number of hydrogen-bond acceptors (Lipinski definition) is 3. The lowest BCUT2D eigenvalue weighted by Crippen LogP contribution is -2.56. The lowest BCUT2D eigenvalue weighted by atomic mass is 10.2. The standard InChI is InChI=1S/C9H14F5N3/c1-3-5-7-16(6-15-17(7)4-2)9(13,14)8(10,11)12/h6-7H,3-5H2,1-2H3. The van der Waals surface area contributed by atoms with Crippen molar-refractivity contribution in [2.75, 3.05) is 6.54 Å². The SMILES string of the molecule is CCCC1N(CC)N=CN1C(F)(F)C(F)(F)F. The van der Waals surface area contributed by atoms with Gasteiger partial charge in [-0.3, -0.25) is 9.91 Å². The molecule has 0 saturated carbocycles. The summed E-state index contributed by atoms with van der Waals surface area (Å²) in [5, 5.41) is 4.80. The number of rotatable bonds is 4. The Morgan fingerprint density at radius 1 is 1.18 bits per heavy atom. The number of hydrogen-bond donors (Lipinski definition) is 0. The first-order valence-corrected chi connectivity index (χ1v) is 5.29. The monoisotopic (exact) mass is 259 g/mol. The highest BCUT2D eigenvalue weighted by atomic mass is 19.4.